The Kier molecular flexibility index (Phi) is 5.91. The third-order valence-corrected chi connectivity index (χ3v) is 10.9. The molecule has 0 fully saturated rings. The maximum absolute atomic E-state index is 13.4. The maximum atomic E-state index is 13.4. The van der Waals surface area contributed by atoms with Crippen LogP contribution in [-0.2, 0) is 28.1 Å². The van der Waals surface area contributed by atoms with E-state index in [0.717, 1.165) is 0 Å². The van der Waals surface area contributed by atoms with Gasteiger partial charge >= 0.3 is 0 Å². The molecular formula is C20H19ClN2O4S3. The lowest BCUT2D eigenvalue weighted by atomic mass is 9.91. The lowest BCUT2D eigenvalue weighted by Gasteiger charge is -2.19. The van der Waals surface area contributed by atoms with Gasteiger partial charge in [0, 0.05) is 42.8 Å². The predicted octanol–water partition coefficient (Wildman–Crippen LogP) is 4.07. The number of sulfone groups is 1. The smallest absolute Gasteiger partial charge is 0.198 e. The van der Waals surface area contributed by atoms with Crippen LogP contribution in [0.4, 0.5) is 0 Å². The summed E-state index contributed by atoms with van der Waals surface area (Å²) in [6.07, 6.45) is 7.03. The number of Topliss-reactive ketones (excluding diaryl/α,β-unsaturated/α-hetero) is 2. The number of fused-ring (bicyclic) bond motifs is 1. The summed E-state index contributed by atoms with van der Waals surface area (Å²) in [5.74, 6) is -0.664. The summed E-state index contributed by atoms with van der Waals surface area (Å²) < 4.78 is 26.5. The number of hydrogen-bond donors (Lipinski definition) is 0. The Balaban J connectivity index is 1.78. The molecule has 0 radical (unpaired) electrons. The number of carbonyl (C=O) groups excluding carboxylic acids is 2. The average molecular weight is 483 g/mol. The molecule has 0 amide bonds. The van der Waals surface area contributed by atoms with Crippen LogP contribution in [0.25, 0.3) is 0 Å². The quantitative estimate of drug-likeness (QED) is 0.469. The van der Waals surface area contributed by atoms with E-state index in [1.165, 1.54) is 35.7 Å². The van der Waals surface area contributed by atoms with Gasteiger partial charge in [-0.1, -0.05) is 23.4 Å². The van der Waals surface area contributed by atoms with E-state index in [0.29, 0.717) is 34.9 Å². The van der Waals surface area contributed by atoms with Crippen LogP contribution in [0.2, 0.25) is 5.02 Å². The minimum Gasteiger partial charge on any atom is -0.329 e. The van der Waals surface area contributed by atoms with E-state index >= 15 is 0 Å². The van der Waals surface area contributed by atoms with Crippen molar-refractivity contribution in [3.05, 3.63) is 51.2 Å². The molecule has 0 saturated heterocycles. The predicted molar refractivity (Wildman–Crippen MR) is 119 cm³/mol. The van der Waals surface area contributed by atoms with Gasteiger partial charge in [-0.05, 0) is 36.8 Å². The van der Waals surface area contributed by atoms with Crippen LogP contribution in [-0.4, -0.2) is 40.4 Å². The molecule has 2 aliphatic rings. The SMILES string of the molecule is CSC1Cc2c(ccc(C(=O)C3=C(Sc4nccn4C)CCCC3=O)c2Cl)S1(=O)=O. The number of aryl methyl sites for hydroxylation is 1. The molecule has 0 N–H and O–H groups in total. The first kappa shape index (κ1) is 21.7. The molecule has 1 aromatic carbocycles. The molecular weight excluding hydrogens is 464 g/mol. The summed E-state index contributed by atoms with van der Waals surface area (Å²) in [5, 5.41) is 0.823. The van der Waals surface area contributed by atoms with Crippen LogP contribution in [0.3, 0.4) is 0 Å². The molecule has 0 bridgehead atoms. The van der Waals surface area contributed by atoms with Gasteiger partial charge in [-0.25, -0.2) is 13.4 Å². The molecule has 10 heteroatoms. The Bertz CT molecular complexity index is 1200. The highest BCUT2D eigenvalue weighted by Gasteiger charge is 2.39. The third kappa shape index (κ3) is 3.55. The van der Waals surface area contributed by atoms with Crippen molar-refractivity contribution in [1.82, 2.24) is 9.55 Å². The van der Waals surface area contributed by atoms with E-state index < -0.39 is 20.2 Å². The number of ketones is 2. The minimum absolute atomic E-state index is 0.129. The first-order chi connectivity index (χ1) is 14.3. The van der Waals surface area contributed by atoms with E-state index in [1.54, 1.807) is 18.6 Å². The summed E-state index contributed by atoms with van der Waals surface area (Å²) in [4.78, 5) is 31.3. The molecule has 1 aliphatic heterocycles. The second-order valence-electron chi connectivity index (χ2n) is 7.15. The minimum atomic E-state index is -3.47. The van der Waals surface area contributed by atoms with E-state index in [9.17, 15) is 18.0 Å². The Hall–Kier alpha value is -1.55. The topological polar surface area (TPSA) is 86.1 Å². The van der Waals surface area contributed by atoms with Gasteiger partial charge in [-0.3, -0.25) is 9.59 Å². The summed E-state index contributed by atoms with van der Waals surface area (Å²) in [6.45, 7) is 0. The standard InChI is InChI=1S/C20H19ClN2O4S3/c1-23-9-8-22-20(23)29-14-5-3-4-13(24)17(14)19(25)11-6-7-15-12(18(11)21)10-16(28-2)30(15,26)27/h6-9,16H,3-5,10H2,1-2H3. The summed E-state index contributed by atoms with van der Waals surface area (Å²) in [6, 6.07) is 2.88. The molecule has 1 aromatic heterocycles. The molecule has 1 atom stereocenters. The highest BCUT2D eigenvalue weighted by atomic mass is 35.5. The number of thioether (sulfide) groups is 2. The Labute approximate surface area is 188 Å². The number of benzene rings is 1. The van der Waals surface area contributed by atoms with Gasteiger partial charge in [0.05, 0.1) is 15.5 Å². The number of carbonyl (C=O) groups is 2. The van der Waals surface area contributed by atoms with Crippen LogP contribution < -0.4 is 0 Å². The summed E-state index contributed by atoms with van der Waals surface area (Å²) in [5.41, 5.74) is 0.776. The molecule has 6 nitrogen and oxygen atoms in total. The molecule has 1 aliphatic carbocycles. The Morgan fingerprint density at radius 1 is 1.30 bits per heavy atom. The number of rotatable bonds is 5. The monoisotopic (exact) mass is 482 g/mol. The number of imidazole rings is 1. The van der Waals surface area contributed by atoms with Crippen LogP contribution in [0, 0.1) is 0 Å². The number of aromatic nitrogens is 2. The Morgan fingerprint density at radius 3 is 2.73 bits per heavy atom. The highest BCUT2D eigenvalue weighted by molar-refractivity contribution is 8.13. The van der Waals surface area contributed by atoms with E-state index in [1.807, 2.05) is 11.6 Å². The van der Waals surface area contributed by atoms with Gasteiger partial charge in [0.25, 0.3) is 0 Å². The van der Waals surface area contributed by atoms with E-state index in [2.05, 4.69) is 4.98 Å². The zero-order valence-corrected chi connectivity index (χ0v) is 19.6. The van der Waals surface area contributed by atoms with Crippen molar-refractivity contribution in [3.8, 4) is 0 Å². The molecule has 2 heterocycles. The van der Waals surface area contributed by atoms with Gasteiger partial charge in [-0.15, -0.1) is 11.8 Å². The molecule has 30 heavy (non-hydrogen) atoms. The molecule has 1 unspecified atom stereocenters. The fourth-order valence-electron chi connectivity index (χ4n) is 3.73. The summed E-state index contributed by atoms with van der Waals surface area (Å²) in [7, 11) is -1.62. The first-order valence-corrected chi connectivity index (χ1v) is 13.3. The van der Waals surface area contributed by atoms with Crippen LogP contribution >= 0.6 is 35.1 Å². The first-order valence-electron chi connectivity index (χ1n) is 9.30. The molecule has 0 spiro atoms. The van der Waals surface area contributed by atoms with Gasteiger partial charge in [0.2, 0.25) is 0 Å². The van der Waals surface area contributed by atoms with E-state index in [4.69, 9.17) is 11.6 Å². The second kappa shape index (κ2) is 8.18. The zero-order valence-electron chi connectivity index (χ0n) is 16.3. The number of halogens is 1. The van der Waals surface area contributed by atoms with Crippen molar-refractivity contribution >= 4 is 56.5 Å². The number of allylic oxidation sites excluding steroid dienone is 2. The van der Waals surface area contributed by atoms with Crippen LogP contribution in [0.1, 0.15) is 35.2 Å². The van der Waals surface area contributed by atoms with Gasteiger partial charge in [0.15, 0.2) is 26.6 Å². The zero-order chi connectivity index (χ0) is 21.6. The van der Waals surface area contributed by atoms with Crippen molar-refractivity contribution < 1.29 is 18.0 Å². The van der Waals surface area contributed by atoms with Crippen LogP contribution in [0.5, 0.6) is 0 Å². The van der Waals surface area contributed by atoms with Crippen molar-refractivity contribution in [2.75, 3.05) is 6.26 Å². The van der Waals surface area contributed by atoms with Crippen molar-refractivity contribution in [2.24, 2.45) is 7.05 Å². The van der Waals surface area contributed by atoms with Gasteiger partial charge in [0.1, 0.15) is 4.58 Å². The van der Waals surface area contributed by atoms with Crippen molar-refractivity contribution in [1.29, 1.82) is 0 Å². The molecule has 4 rings (SSSR count). The van der Waals surface area contributed by atoms with Gasteiger partial charge < -0.3 is 4.57 Å². The maximum Gasteiger partial charge on any atom is 0.198 e. The fraction of sp³-hybridized carbons (Fsp3) is 0.350. The highest BCUT2D eigenvalue weighted by Crippen LogP contribution is 2.42. The second-order valence-corrected chi connectivity index (χ2v) is 12.0. The average Bonchev–Trinajstić information content (AvgIpc) is 3.22. The summed E-state index contributed by atoms with van der Waals surface area (Å²) >= 11 is 9.09. The molecule has 0 saturated carbocycles. The van der Waals surface area contributed by atoms with E-state index in [-0.39, 0.29) is 33.3 Å². The van der Waals surface area contributed by atoms with Crippen molar-refractivity contribution in [3.63, 3.8) is 0 Å². The fourth-order valence-corrected chi connectivity index (χ4v) is 8.32. The largest absolute Gasteiger partial charge is 0.329 e. The third-order valence-electron chi connectivity index (χ3n) is 5.32. The Morgan fingerprint density at radius 2 is 2.07 bits per heavy atom. The lowest BCUT2D eigenvalue weighted by molar-refractivity contribution is -0.115. The molecule has 158 valence electrons. The molecule has 2 aromatic rings. The normalized spacial score (nSPS) is 20.5. The number of hydrogen-bond acceptors (Lipinski definition) is 7. The van der Waals surface area contributed by atoms with Gasteiger partial charge in [-0.2, -0.15) is 0 Å². The van der Waals surface area contributed by atoms with Crippen molar-refractivity contribution in [2.45, 2.75) is 40.3 Å². The van der Waals surface area contributed by atoms with Crippen LogP contribution in [0.15, 0.2) is 45.1 Å². The number of nitrogens with zero attached hydrogens (tertiary/aromatic N) is 2. The lowest BCUT2D eigenvalue weighted by Crippen LogP contribution is -2.19.